The van der Waals surface area contributed by atoms with E-state index < -0.39 is 11.7 Å². The van der Waals surface area contributed by atoms with Crippen LogP contribution >= 0.6 is 0 Å². The van der Waals surface area contributed by atoms with Gasteiger partial charge in [0.15, 0.2) is 0 Å². The Hall–Kier alpha value is -1.97. The van der Waals surface area contributed by atoms with E-state index in [-0.39, 0.29) is 16.2 Å². The van der Waals surface area contributed by atoms with Crippen LogP contribution in [-0.2, 0) is 9.59 Å². The standard InChI is InChI=1S/C19H21NO3/c1-17(2)18(3)8-9-19(17,10-14(18)21)11-20-13-7-5-4-6-12(13)15(22)16(20)23/h4-7H,8-11H2,1-3H3. The van der Waals surface area contributed by atoms with Gasteiger partial charge in [0.05, 0.1) is 11.3 Å². The topological polar surface area (TPSA) is 54.5 Å². The molecule has 2 aliphatic carbocycles. The van der Waals surface area contributed by atoms with Crippen LogP contribution in [0, 0.1) is 16.2 Å². The molecule has 0 radical (unpaired) electrons. The fraction of sp³-hybridized carbons (Fsp3) is 0.526. The Bertz CT molecular complexity index is 766. The Morgan fingerprint density at radius 2 is 1.74 bits per heavy atom. The first-order valence-electron chi connectivity index (χ1n) is 8.22. The summed E-state index contributed by atoms with van der Waals surface area (Å²) in [5, 5.41) is 0. The molecule has 2 unspecified atom stereocenters. The molecule has 3 aliphatic rings. The molecule has 23 heavy (non-hydrogen) atoms. The fourth-order valence-electron chi connectivity index (χ4n) is 5.04. The molecule has 120 valence electrons. The minimum atomic E-state index is -0.454. The van der Waals surface area contributed by atoms with E-state index in [9.17, 15) is 14.4 Å². The molecule has 1 aromatic carbocycles. The number of benzene rings is 1. The van der Waals surface area contributed by atoms with Crippen molar-refractivity contribution in [1.29, 1.82) is 0 Å². The van der Waals surface area contributed by atoms with Crippen LogP contribution in [0.3, 0.4) is 0 Å². The highest BCUT2D eigenvalue weighted by Crippen LogP contribution is 2.70. The second-order valence-electron chi connectivity index (χ2n) is 8.07. The van der Waals surface area contributed by atoms with Crippen LogP contribution in [0.25, 0.3) is 0 Å². The number of nitrogens with zero attached hydrogens (tertiary/aromatic N) is 1. The maximum atomic E-state index is 12.6. The lowest BCUT2D eigenvalue weighted by Gasteiger charge is -2.42. The maximum absolute atomic E-state index is 12.6. The molecular weight excluding hydrogens is 290 g/mol. The number of rotatable bonds is 2. The minimum absolute atomic E-state index is 0.169. The quantitative estimate of drug-likeness (QED) is 0.789. The van der Waals surface area contributed by atoms with Gasteiger partial charge in [-0.1, -0.05) is 32.9 Å². The molecule has 0 saturated heterocycles. The van der Waals surface area contributed by atoms with Gasteiger partial charge in [-0.05, 0) is 30.4 Å². The van der Waals surface area contributed by atoms with E-state index in [1.807, 2.05) is 12.1 Å². The number of carbonyl (C=O) groups excluding carboxylic acids is 3. The predicted molar refractivity (Wildman–Crippen MR) is 86.3 cm³/mol. The minimum Gasteiger partial charge on any atom is -0.304 e. The van der Waals surface area contributed by atoms with Crippen LogP contribution in [0.1, 0.15) is 50.4 Å². The number of hydrogen-bond acceptors (Lipinski definition) is 3. The first kappa shape index (κ1) is 14.6. The summed E-state index contributed by atoms with van der Waals surface area (Å²) in [6, 6.07) is 7.16. The Balaban J connectivity index is 1.76. The molecule has 1 amide bonds. The van der Waals surface area contributed by atoms with Crippen LogP contribution in [0.15, 0.2) is 24.3 Å². The molecule has 0 N–H and O–H groups in total. The summed E-state index contributed by atoms with van der Waals surface area (Å²) in [4.78, 5) is 38.9. The fourth-order valence-corrected chi connectivity index (χ4v) is 5.04. The smallest absolute Gasteiger partial charge is 0.299 e. The van der Waals surface area contributed by atoms with E-state index in [1.165, 1.54) is 0 Å². The highest BCUT2D eigenvalue weighted by atomic mass is 16.2. The van der Waals surface area contributed by atoms with E-state index in [0.29, 0.717) is 30.0 Å². The van der Waals surface area contributed by atoms with Crippen molar-refractivity contribution in [3.63, 3.8) is 0 Å². The van der Waals surface area contributed by atoms with Gasteiger partial charge in [-0.15, -0.1) is 0 Å². The highest BCUT2D eigenvalue weighted by Gasteiger charge is 2.70. The number of Topliss-reactive ketones (excluding diaryl/α,β-unsaturated/α-hetero) is 2. The van der Waals surface area contributed by atoms with Crippen LogP contribution in [-0.4, -0.2) is 24.0 Å². The van der Waals surface area contributed by atoms with Gasteiger partial charge in [-0.3, -0.25) is 14.4 Å². The molecule has 0 spiro atoms. The largest absolute Gasteiger partial charge is 0.304 e. The van der Waals surface area contributed by atoms with Gasteiger partial charge in [0, 0.05) is 23.8 Å². The molecule has 2 atom stereocenters. The molecule has 2 bridgehead atoms. The number of amides is 1. The summed E-state index contributed by atoms with van der Waals surface area (Å²) in [5.41, 5.74) is 0.473. The average Bonchev–Trinajstić information content (AvgIpc) is 2.93. The van der Waals surface area contributed by atoms with Crippen molar-refractivity contribution in [1.82, 2.24) is 0 Å². The lowest BCUT2D eigenvalue weighted by atomic mass is 9.65. The Kier molecular flexibility index (Phi) is 2.61. The van der Waals surface area contributed by atoms with Gasteiger partial charge in [-0.2, -0.15) is 0 Å². The molecule has 1 aliphatic heterocycles. The number of anilines is 1. The normalized spacial score (nSPS) is 34.4. The molecule has 4 heteroatoms. The summed E-state index contributed by atoms with van der Waals surface area (Å²) in [6.45, 7) is 6.83. The molecule has 0 aromatic heterocycles. The van der Waals surface area contributed by atoms with E-state index in [2.05, 4.69) is 20.8 Å². The zero-order valence-electron chi connectivity index (χ0n) is 13.8. The summed E-state index contributed by atoms with van der Waals surface area (Å²) in [5.74, 6) is -0.579. The Morgan fingerprint density at radius 1 is 1.04 bits per heavy atom. The van der Waals surface area contributed by atoms with Crippen molar-refractivity contribution < 1.29 is 14.4 Å². The van der Waals surface area contributed by atoms with Crippen LogP contribution in [0.2, 0.25) is 0 Å². The zero-order chi connectivity index (χ0) is 16.6. The molecule has 4 rings (SSSR count). The number of para-hydroxylation sites is 1. The van der Waals surface area contributed by atoms with E-state index in [1.54, 1.807) is 17.0 Å². The first-order chi connectivity index (χ1) is 10.7. The third kappa shape index (κ3) is 1.49. The van der Waals surface area contributed by atoms with E-state index >= 15 is 0 Å². The van der Waals surface area contributed by atoms with Crippen molar-refractivity contribution in [2.24, 2.45) is 16.2 Å². The highest BCUT2D eigenvalue weighted by molar-refractivity contribution is 6.52. The second-order valence-corrected chi connectivity index (χ2v) is 8.07. The van der Waals surface area contributed by atoms with Crippen molar-refractivity contribution in [2.75, 3.05) is 11.4 Å². The number of fused-ring (bicyclic) bond motifs is 3. The second kappa shape index (κ2) is 4.11. The predicted octanol–water partition coefficient (Wildman–Crippen LogP) is 3.00. The molecule has 1 heterocycles. The van der Waals surface area contributed by atoms with Gasteiger partial charge in [-0.25, -0.2) is 0 Å². The number of hydrogen-bond donors (Lipinski definition) is 0. The Morgan fingerprint density at radius 3 is 2.35 bits per heavy atom. The summed E-state index contributed by atoms with van der Waals surface area (Å²) in [7, 11) is 0. The zero-order valence-corrected chi connectivity index (χ0v) is 13.8. The summed E-state index contributed by atoms with van der Waals surface area (Å²) >= 11 is 0. The molecule has 2 fully saturated rings. The third-order valence-corrected chi connectivity index (χ3v) is 7.26. The molecule has 4 nitrogen and oxygen atoms in total. The van der Waals surface area contributed by atoms with Gasteiger partial charge in [0.2, 0.25) is 0 Å². The Labute approximate surface area is 135 Å². The van der Waals surface area contributed by atoms with Crippen LogP contribution in [0.5, 0.6) is 0 Å². The van der Waals surface area contributed by atoms with E-state index in [0.717, 1.165) is 12.8 Å². The first-order valence-corrected chi connectivity index (χ1v) is 8.22. The van der Waals surface area contributed by atoms with E-state index in [4.69, 9.17) is 0 Å². The monoisotopic (exact) mass is 311 g/mol. The maximum Gasteiger partial charge on any atom is 0.299 e. The average molecular weight is 311 g/mol. The van der Waals surface area contributed by atoms with Gasteiger partial charge in [0.1, 0.15) is 5.78 Å². The number of carbonyl (C=O) groups is 3. The van der Waals surface area contributed by atoms with Crippen LogP contribution in [0.4, 0.5) is 5.69 Å². The number of ketones is 2. The third-order valence-electron chi connectivity index (χ3n) is 7.26. The molecule has 1 aromatic rings. The summed E-state index contributed by atoms with van der Waals surface area (Å²) < 4.78 is 0. The van der Waals surface area contributed by atoms with Gasteiger partial charge < -0.3 is 4.90 Å². The van der Waals surface area contributed by atoms with Crippen molar-refractivity contribution in [3.8, 4) is 0 Å². The van der Waals surface area contributed by atoms with Gasteiger partial charge in [0.25, 0.3) is 11.7 Å². The van der Waals surface area contributed by atoms with Crippen molar-refractivity contribution in [3.05, 3.63) is 29.8 Å². The lowest BCUT2D eigenvalue weighted by Crippen LogP contribution is -2.45. The van der Waals surface area contributed by atoms with Crippen LogP contribution < -0.4 is 4.90 Å². The summed E-state index contributed by atoms with van der Waals surface area (Å²) in [6.07, 6.45) is 2.31. The molecule has 2 saturated carbocycles. The SMILES string of the molecule is CC12CCC(CN3C(=O)C(=O)c4ccccc43)(CC1=O)C2(C)C. The van der Waals surface area contributed by atoms with Crippen molar-refractivity contribution >= 4 is 23.2 Å². The lowest BCUT2D eigenvalue weighted by molar-refractivity contribution is -0.128. The van der Waals surface area contributed by atoms with Gasteiger partial charge >= 0.3 is 0 Å². The molecular formula is C19H21NO3. The van der Waals surface area contributed by atoms with Crippen molar-refractivity contribution in [2.45, 2.75) is 40.0 Å².